The van der Waals surface area contributed by atoms with Gasteiger partial charge in [-0.2, -0.15) is 0 Å². The van der Waals surface area contributed by atoms with Crippen LogP contribution in [0.5, 0.6) is 0 Å². The van der Waals surface area contributed by atoms with Crippen LogP contribution in [0.3, 0.4) is 0 Å². The molecule has 0 aliphatic rings. The van der Waals surface area contributed by atoms with Crippen LogP contribution in [0.25, 0.3) is 0 Å². The van der Waals surface area contributed by atoms with Crippen LogP contribution in [0.4, 0.5) is 5.95 Å². The summed E-state index contributed by atoms with van der Waals surface area (Å²) in [5, 5.41) is 6.75. The van der Waals surface area contributed by atoms with Crippen molar-refractivity contribution in [2.45, 2.75) is 20.3 Å². The first-order chi connectivity index (χ1) is 8.60. The summed E-state index contributed by atoms with van der Waals surface area (Å²) in [5.74, 6) is -0.135. The van der Waals surface area contributed by atoms with Crippen molar-refractivity contribution in [3.05, 3.63) is 27.5 Å². The fourth-order valence-electron chi connectivity index (χ4n) is 1.36. The monoisotopic (exact) mass is 283 g/mol. The summed E-state index contributed by atoms with van der Waals surface area (Å²) < 4.78 is 3.75. The third kappa shape index (κ3) is 2.80. The summed E-state index contributed by atoms with van der Waals surface area (Å²) in [7, 11) is 0. The van der Waals surface area contributed by atoms with Crippen molar-refractivity contribution in [3.63, 3.8) is 0 Å². The number of rotatable bonds is 3. The van der Waals surface area contributed by atoms with Crippen LogP contribution in [0.1, 0.15) is 28.0 Å². The Kier molecular flexibility index (Phi) is 3.83. The van der Waals surface area contributed by atoms with Gasteiger partial charge in [0, 0.05) is 5.69 Å². The highest BCUT2D eigenvalue weighted by molar-refractivity contribution is 7.08. The maximum absolute atomic E-state index is 12.0. The first-order valence-electron chi connectivity index (χ1n) is 5.24. The number of aromatic nitrogens is 4. The van der Waals surface area contributed by atoms with E-state index in [2.05, 4.69) is 24.9 Å². The number of carbonyl (C=O) groups is 1. The second-order valence-corrected chi connectivity index (χ2v) is 4.65. The van der Waals surface area contributed by atoms with Gasteiger partial charge in [-0.25, -0.2) is 9.97 Å². The van der Waals surface area contributed by atoms with Gasteiger partial charge >= 0.3 is 0 Å². The number of hydrogen-bond acceptors (Lipinski definition) is 6. The molecule has 8 heteroatoms. The molecule has 0 aliphatic carbocycles. The lowest BCUT2D eigenvalue weighted by Crippen LogP contribution is -2.15. The molecule has 18 heavy (non-hydrogen) atoms. The van der Waals surface area contributed by atoms with Crippen molar-refractivity contribution in [1.82, 2.24) is 19.6 Å². The Labute approximate surface area is 113 Å². The molecule has 0 fully saturated rings. The lowest BCUT2D eigenvalue weighted by Gasteiger charge is -2.03. The SMILES string of the molecule is CCc1nnsc1C(=O)Nc1nc(C)cc(Cl)n1. The van der Waals surface area contributed by atoms with Crippen LogP contribution >= 0.6 is 23.1 Å². The fourth-order valence-corrected chi connectivity index (χ4v) is 2.24. The Morgan fingerprint density at radius 2 is 2.28 bits per heavy atom. The average Bonchev–Trinajstić information content (AvgIpc) is 2.75. The number of aryl methyl sites for hydroxylation is 2. The molecule has 2 rings (SSSR count). The molecule has 94 valence electrons. The molecule has 0 spiro atoms. The van der Waals surface area contributed by atoms with Crippen molar-refractivity contribution in [2.75, 3.05) is 5.32 Å². The molecule has 0 unspecified atom stereocenters. The van der Waals surface area contributed by atoms with Gasteiger partial charge in [0.2, 0.25) is 5.95 Å². The summed E-state index contributed by atoms with van der Waals surface area (Å²) in [5.41, 5.74) is 1.35. The number of halogens is 1. The first-order valence-corrected chi connectivity index (χ1v) is 6.39. The molecule has 2 aromatic rings. The molecule has 0 aliphatic heterocycles. The predicted octanol–water partition coefficient (Wildman–Crippen LogP) is 2.10. The van der Waals surface area contributed by atoms with Gasteiger partial charge in [0.05, 0.1) is 5.69 Å². The van der Waals surface area contributed by atoms with Crippen molar-refractivity contribution < 1.29 is 4.79 Å². The lowest BCUT2D eigenvalue weighted by molar-refractivity contribution is 0.102. The van der Waals surface area contributed by atoms with E-state index in [-0.39, 0.29) is 17.0 Å². The molecule has 0 radical (unpaired) electrons. The van der Waals surface area contributed by atoms with E-state index < -0.39 is 0 Å². The van der Waals surface area contributed by atoms with E-state index in [1.165, 1.54) is 0 Å². The highest BCUT2D eigenvalue weighted by Crippen LogP contribution is 2.14. The maximum Gasteiger partial charge on any atom is 0.271 e. The number of amides is 1. The van der Waals surface area contributed by atoms with Gasteiger partial charge in [0.25, 0.3) is 5.91 Å². The number of nitrogens with one attached hydrogen (secondary N) is 1. The smallest absolute Gasteiger partial charge is 0.271 e. The normalized spacial score (nSPS) is 10.4. The van der Waals surface area contributed by atoms with Crippen LogP contribution < -0.4 is 5.32 Å². The van der Waals surface area contributed by atoms with Crippen molar-refractivity contribution >= 4 is 35.0 Å². The quantitative estimate of drug-likeness (QED) is 0.873. The highest BCUT2D eigenvalue weighted by Gasteiger charge is 2.16. The molecule has 1 N–H and O–H groups in total. The number of hydrogen-bond donors (Lipinski definition) is 1. The molecule has 2 aromatic heterocycles. The zero-order valence-corrected chi connectivity index (χ0v) is 11.3. The standard InChI is InChI=1S/C10H10ClN5OS/c1-3-6-8(18-16-15-6)9(17)14-10-12-5(2)4-7(11)13-10/h4H,3H2,1-2H3,(H,12,13,14,17). The van der Waals surface area contributed by atoms with E-state index in [1.54, 1.807) is 13.0 Å². The fraction of sp³-hybridized carbons (Fsp3) is 0.300. The van der Waals surface area contributed by atoms with E-state index in [1.807, 2.05) is 6.92 Å². The van der Waals surface area contributed by atoms with Gasteiger partial charge < -0.3 is 0 Å². The average molecular weight is 284 g/mol. The Morgan fingerprint density at radius 3 is 2.94 bits per heavy atom. The third-order valence-electron chi connectivity index (χ3n) is 2.15. The molecule has 1 amide bonds. The van der Waals surface area contributed by atoms with Gasteiger partial charge in [-0.1, -0.05) is 23.0 Å². The Hall–Kier alpha value is -1.60. The molecule has 2 heterocycles. The molecule has 0 aromatic carbocycles. The topological polar surface area (TPSA) is 80.7 Å². The molecular formula is C10H10ClN5OS. The Bertz CT molecular complexity index is 565. The highest BCUT2D eigenvalue weighted by atomic mass is 35.5. The largest absolute Gasteiger partial charge is 0.290 e. The van der Waals surface area contributed by atoms with Crippen molar-refractivity contribution in [3.8, 4) is 0 Å². The Balaban J connectivity index is 2.21. The summed E-state index contributed by atoms with van der Waals surface area (Å²) in [6.07, 6.45) is 0.648. The van der Waals surface area contributed by atoms with E-state index in [4.69, 9.17) is 11.6 Å². The third-order valence-corrected chi connectivity index (χ3v) is 3.11. The van der Waals surface area contributed by atoms with Crippen LogP contribution in [0, 0.1) is 6.92 Å². The predicted molar refractivity (Wildman–Crippen MR) is 69.0 cm³/mol. The maximum atomic E-state index is 12.0. The minimum Gasteiger partial charge on any atom is -0.290 e. The number of carbonyl (C=O) groups excluding carboxylic acids is 1. The molecule has 0 atom stereocenters. The molecule has 0 bridgehead atoms. The van der Waals surface area contributed by atoms with Crippen molar-refractivity contribution in [2.24, 2.45) is 0 Å². The summed E-state index contributed by atoms with van der Waals surface area (Å²) >= 11 is 6.84. The van der Waals surface area contributed by atoms with Gasteiger partial charge in [0.15, 0.2) is 0 Å². The molecule has 6 nitrogen and oxygen atoms in total. The zero-order chi connectivity index (χ0) is 13.1. The minimum absolute atomic E-state index is 0.181. The van der Waals surface area contributed by atoms with E-state index in [9.17, 15) is 4.79 Å². The zero-order valence-electron chi connectivity index (χ0n) is 9.77. The summed E-state index contributed by atoms with van der Waals surface area (Å²) in [6, 6.07) is 1.61. The Morgan fingerprint density at radius 1 is 1.50 bits per heavy atom. The van der Waals surface area contributed by atoms with Crippen molar-refractivity contribution in [1.29, 1.82) is 0 Å². The van der Waals surface area contributed by atoms with E-state index in [0.717, 1.165) is 11.5 Å². The first kappa shape index (κ1) is 12.8. The van der Waals surface area contributed by atoms with E-state index >= 15 is 0 Å². The van der Waals surface area contributed by atoms with Crippen LogP contribution in [0.15, 0.2) is 6.07 Å². The van der Waals surface area contributed by atoms with Crippen LogP contribution in [-0.4, -0.2) is 25.5 Å². The number of nitrogens with zero attached hydrogens (tertiary/aromatic N) is 4. The second-order valence-electron chi connectivity index (χ2n) is 3.51. The summed E-state index contributed by atoms with van der Waals surface area (Å²) in [6.45, 7) is 3.68. The number of anilines is 1. The van der Waals surface area contributed by atoms with E-state index in [0.29, 0.717) is 22.7 Å². The van der Waals surface area contributed by atoms with Gasteiger partial charge in [-0.3, -0.25) is 10.1 Å². The van der Waals surface area contributed by atoms with Gasteiger partial charge in [-0.15, -0.1) is 5.10 Å². The van der Waals surface area contributed by atoms with Gasteiger partial charge in [0.1, 0.15) is 10.0 Å². The van der Waals surface area contributed by atoms with Gasteiger partial charge in [-0.05, 0) is 30.9 Å². The molecular weight excluding hydrogens is 274 g/mol. The van der Waals surface area contributed by atoms with Crippen LogP contribution in [0.2, 0.25) is 5.15 Å². The second kappa shape index (κ2) is 5.36. The summed E-state index contributed by atoms with van der Waals surface area (Å²) in [4.78, 5) is 20.4. The lowest BCUT2D eigenvalue weighted by atomic mass is 10.3. The molecule has 0 saturated carbocycles. The molecule has 0 saturated heterocycles. The van der Waals surface area contributed by atoms with Crippen LogP contribution in [-0.2, 0) is 6.42 Å². The minimum atomic E-state index is -0.316.